The monoisotopic (exact) mass is 264 g/mol. The summed E-state index contributed by atoms with van der Waals surface area (Å²) in [4.78, 5) is 11.7. The van der Waals surface area contributed by atoms with E-state index in [9.17, 15) is 4.79 Å². The summed E-state index contributed by atoms with van der Waals surface area (Å²) in [5, 5.41) is 6.06. The third kappa shape index (κ3) is 3.83. The second kappa shape index (κ2) is 6.24. The summed E-state index contributed by atoms with van der Waals surface area (Å²) in [6, 6.07) is 3.87. The zero-order chi connectivity index (χ0) is 13.8. The molecule has 2 rings (SSSR count). The molecule has 1 fully saturated rings. The van der Waals surface area contributed by atoms with E-state index in [0.29, 0.717) is 12.5 Å². The first kappa shape index (κ1) is 14.1. The van der Waals surface area contributed by atoms with Crippen molar-refractivity contribution in [1.82, 2.24) is 10.6 Å². The number of hydrogen-bond donors (Lipinski definition) is 2. The average Bonchev–Trinajstić information content (AvgIpc) is 2.95. The van der Waals surface area contributed by atoms with Crippen LogP contribution in [0.1, 0.15) is 51.1 Å². The van der Waals surface area contributed by atoms with Crippen LogP contribution in [0.15, 0.2) is 16.5 Å². The number of carbonyl (C=O) groups excluding carboxylic acids is 1. The maximum Gasteiger partial charge on any atom is 0.236 e. The number of nitrogens with one attached hydrogen (secondary N) is 2. The van der Waals surface area contributed by atoms with Crippen molar-refractivity contribution < 1.29 is 9.21 Å². The molecule has 4 heteroatoms. The van der Waals surface area contributed by atoms with E-state index >= 15 is 0 Å². The minimum absolute atomic E-state index is 0.0458. The maximum absolute atomic E-state index is 11.7. The van der Waals surface area contributed by atoms with Gasteiger partial charge >= 0.3 is 0 Å². The largest absolute Gasteiger partial charge is 0.464 e. The van der Waals surface area contributed by atoms with Crippen LogP contribution in [0.25, 0.3) is 0 Å². The molecule has 1 saturated carbocycles. The molecule has 0 aromatic carbocycles. The van der Waals surface area contributed by atoms with Crippen LogP contribution in [0, 0.1) is 5.92 Å². The average molecular weight is 264 g/mol. The van der Waals surface area contributed by atoms with E-state index in [-0.39, 0.29) is 11.9 Å². The van der Waals surface area contributed by atoms with E-state index in [0.717, 1.165) is 30.4 Å². The van der Waals surface area contributed by atoms with Gasteiger partial charge in [0.25, 0.3) is 0 Å². The lowest BCUT2D eigenvalue weighted by atomic mass is 10.2. The molecule has 19 heavy (non-hydrogen) atoms. The Morgan fingerprint density at radius 2 is 2.26 bits per heavy atom. The van der Waals surface area contributed by atoms with E-state index in [1.807, 2.05) is 19.9 Å². The molecule has 0 aliphatic heterocycles. The summed E-state index contributed by atoms with van der Waals surface area (Å²) < 4.78 is 5.80. The molecule has 0 radical (unpaired) electrons. The van der Waals surface area contributed by atoms with E-state index in [1.54, 1.807) is 0 Å². The van der Waals surface area contributed by atoms with Crippen molar-refractivity contribution >= 4 is 5.91 Å². The van der Waals surface area contributed by atoms with E-state index < -0.39 is 0 Å². The topological polar surface area (TPSA) is 54.3 Å². The lowest BCUT2D eigenvalue weighted by molar-refractivity contribution is -0.122. The Kier molecular flexibility index (Phi) is 4.64. The van der Waals surface area contributed by atoms with Crippen LogP contribution >= 0.6 is 0 Å². The standard InChI is InChI=1S/C15H24N2O2/c1-4-7-16-15(18)11(3)17-9-12-5-6-14(19-12)13-8-10(13)2/h5-6,10-11,13,17H,4,7-9H2,1-3H3,(H,16,18). The summed E-state index contributed by atoms with van der Waals surface area (Å²) in [5.41, 5.74) is 0. The number of amides is 1. The van der Waals surface area contributed by atoms with Gasteiger partial charge in [-0.1, -0.05) is 13.8 Å². The van der Waals surface area contributed by atoms with Crippen molar-refractivity contribution in [3.8, 4) is 0 Å². The van der Waals surface area contributed by atoms with Crippen LogP contribution in [0.3, 0.4) is 0 Å². The lowest BCUT2D eigenvalue weighted by Crippen LogP contribution is -2.41. The second-order valence-corrected chi connectivity index (χ2v) is 5.52. The molecule has 1 aromatic rings. The van der Waals surface area contributed by atoms with Crippen molar-refractivity contribution in [2.24, 2.45) is 5.92 Å². The SMILES string of the molecule is CCCNC(=O)C(C)NCc1ccc(C2CC2C)o1. The summed E-state index contributed by atoms with van der Waals surface area (Å²) >= 11 is 0. The smallest absolute Gasteiger partial charge is 0.236 e. The number of furan rings is 1. The van der Waals surface area contributed by atoms with Gasteiger partial charge in [0, 0.05) is 12.5 Å². The molecule has 4 nitrogen and oxygen atoms in total. The minimum Gasteiger partial charge on any atom is -0.464 e. The highest BCUT2D eigenvalue weighted by Gasteiger charge is 2.36. The highest BCUT2D eigenvalue weighted by molar-refractivity contribution is 5.81. The second-order valence-electron chi connectivity index (χ2n) is 5.52. The van der Waals surface area contributed by atoms with Crippen LogP contribution < -0.4 is 10.6 Å². The number of carbonyl (C=O) groups is 1. The first-order chi connectivity index (χ1) is 9.11. The Morgan fingerprint density at radius 3 is 2.89 bits per heavy atom. The minimum atomic E-state index is -0.194. The summed E-state index contributed by atoms with van der Waals surface area (Å²) in [6.07, 6.45) is 2.19. The summed E-state index contributed by atoms with van der Waals surface area (Å²) in [6.45, 7) is 7.49. The van der Waals surface area contributed by atoms with E-state index in [2.05, 4.69) is 23.6 Å². The van der Waals surface area contributed by atoms with E-state index in [1.165, 1.54) is 6.42 Å². The normalized spacial score (nSPS) is 23.1. The Balaban J connectivity index is 1.75. The van der Waals surface area contributed by atoms with Crippen molar-refractivity contribution in [2.75, 3.05) is 6.54 Å². The van der Waals surface area contributed by atoms with Crippen molar-refractivity contribution in [3.05, 3.63) is 23.7 Å². The molecule has 1 heterocycles. The molecule has 3 atom stereocenters. The van der Waals surface area contributed by atoms with Gasteiger partial charge in [-0.2, -0.15) is 0 Å². The Hall–Kier alpha value is -1.29. The maximum atomic E-state index is 11.7. The van der Waals surface area contributed by atoms with Crippen LogP contribution in [-0.2, 0) is 11.3 Å². The third-order valence-corrected chi connectivity index (χ3v) is 3.68. The number of hydrogen-bond acceptors (Lipinski definition) is 3. The Morgan fingerprint density at radius 1 is 1.53 bits per heavy atom. The van der Waals surface area contributed by atoms with Crippen LogP contribution in [-0.4, -0.2) is 18.5 Å². The highest BCUT2D eigenvalue weighted by Crippen LogP contribution is 2.47. The van der Waals surface area contributed by atoms with Gasteiger partial charge in [-0.15, -0.1) is 0 Å². The third-order valence-electron chi connectivity index (χ3n) is 3.68. The zero-order valence-electron chi connectivity index (χ0n) is 12.0. The zero-order valence-corrected chi connectivity index (χ0v) is 12.0. The molecule has 0 spiro atoms. The first-order valence-electron chi connectivity index (χ1n) is 7.21. The quantitative estimate of drug-likeness (QED) is 0.795. The molecule has 106 valence electrons. The van der Waals surface area contributed by atoms with Gasteiger partial charge < -0.3 is 9.73 Å². The lowest BCUT2D eigenvalue weighted by Gasteiger charge is -2.12. The Bertz CT molecular complexity index is 428. The van der Waals surface area contributed by atoms with Crippen LogP contribution in [0.4, 0.5) is 0 Å². The molecular formula is C15H24N2O2. The number of rotatable bonds is 7. The van der Waals surface area contributed by atoms with Gasteiger partial charge in [-0.05, 0) is 37.8 Å². The van der Waals surface area contributed by atoms with Crippen molar-refractivity contribution in [1.29, 1.82) is 0 Å². The van der Waals surface area contributed by atoms with Gasteiger partial charge in [0.05, 0.1) is 12.6 Å². The fourth-order valence-electron chi connectivity index (χ4n) is 2.16. The molecule has 1 amide bonds. The summed E-state index contributed by atoms with van der Waals surface area (Å²) in [5.74, 6) is 3.41. The van der Waals surface area contributed by atoms with Gasteiger partial charge in [0.2, 0.25) is 5.91 Å². The van der Waals surface area contributed by atoms with Crippen molar-refractivity contribution in [3.63, 3.8) is 0 Å². The van der Waals surface area contributed by atoms with Gasteiger partial charge in [0.1, 0.15) is 11.5 Å². The van der Waals surface area contributed by atoms with Gasteiger partial charge in [0.15, 0.2) is 0 Å². The molecule has 1 aliphatic rings. The van der Waals surface area contributed by atoms with Gasteiger partial charge in [-0.25, -0.2) is 0 Å². The predicted molar refractivity (Wildman–Crippen MR) is 74.8 cm³/mol. The molecular weight excluding hydrogens is 240 g/mol. The first-order valence-corrected chi connectivity index (χ1v) is 7.21. The fraction of sp³-hybridized carbons (Fsp3) is 0.667. The molecule has 1 aromatic heterocycles. The van der Waals surface area contributed by atoms with Crippen LogP contribution in [0.5, 0.6) is 0 Å². The summed E-state index contributed by atoms with van der Waals surface area (Å²) in [7, 11) is 0. The predicted octanol–water partition coefficient (Wildman–Crippen LogP) is 2.41. The molecule has 2 N–H and O–H groups in total. The van der Waals surface area contributed by atoms with E-state index in [4.69, 9.17) is 4.42 Å². The van der Waals surface area contributed by atoms with Crippen molar-refractivity contribution in [2.45, 2.75) is 52.1 Å². The van der Waals surface area contributed by atoms with Gasteiger partial charge in [-0.3, -0.25) is 10.1 Å². The molecule has 1 aliphatic carbocycles. The fourth-order valence-corrected chi connectivity index (χ4v) is 2.16. The molecule has 0 bridgehead atoms. The Labute approximate surface area is 114 Å². The molecule has 0 saturated heterocycles. The highest BCUT2D eigenvalue weighted by atomic mass is 16.3. The molecule has 3 unspecified atom stereocenters. The van der Waals surface area contributed by atoms with Crippen LogP contribution in [0.2, 0.25) is 0 Å².